The van der Waals surface area contributed by atoms with Gasteiger partial charge in [0.05, 0.1) is 24.3 Å². The van der Waals surface area contributed by atoms with Crippen LogP contribution in [0.2, 0.25) is 0 Å². The zero-order chi connectivity index (χ0) is 29.6. The maximum Gasteiger partial charge on any atom is 0.270 e. The molecule has 5 rings (SSSR count). The van der Waals surface area contributed by atoms with E-state index in [0.29, 0.717) is 5.56 Å². The SMILES string of the molecule is CC1OC(OC2=Cc3c(OC4OC(CO)C(O)C(O)C4O)cc(O)cc3[OH+]C2c2ccc(O)cc2)C(O)C(O)C1O. The average Bonchev–Trinajstić information content (AvgIpc) is 2.95. The molecular weight excluding hydrogens is 548 g/mol. The number of hydrogen-bond donors (Lipinski definition) is 9. The highest BCUT2D eigenvalue weighted by molar-refractivity contribution is 5.69. The molecule has 224 valence electrons. The third kappa shape index (κ3) is 5.66. The number of aliphatic hydroxyl groups excluding tert-OH is 7. The maximum atomic E-state index is 10.6. The molecule has 0 saturated carbocycles. The maximum absolute atomic E-state index is 10.6. The predicted molar refractivity (Wildman–Crippen MR) is 136 cm³/mol. The van der Waals surface area contributed by atoms with Crippen molar-refractivity contribution in [3.8, 4) is 23.0 Å². The Balaban J connectivity index is 1.52. The van der Waals surface area contributed by atoms with E-state index in [0.717, 1.165) is 0 Å². The van der Waals surface area contributed by atoms with Crippen LogP contribution in [-0.2, 0) is 14.2 Å². The highest BCUT2D eigenvalue weighted by Gasteiger charge is 2.47. The molecule has 11 unspecified atom stereocenters. The molecule has 0 radical (unpaired) electrons. The zero-order valence-corrected chi connectivity index (χ0v) is 21.7. The summed E-state index contributed by atoms with van der Waals surface area (Å²) in [6.07, 6.45) is -14.1. The van der Waals surface area contributed by atoms with Crippen molar-refractivity contribution in [2.24, 2.45) is 0 Å². The Labute approximate surface area is 233 Å². The number of aromatic hydroxyl groups is 3. The summed E-state index contributed by atoms with van der Waals surface area (Å²) in [5.74, 6) is -0.0453. The van der Waals surface area contributed by atoms with Crippen LogP contribution >= 0.6 is 0 Å². The molecule has 0 amide bonds. The third-order valence-electron chi connectivity index (χ3n) is 7.29. The quantitative estimate of drug-likeness (QED) is 0.176. The fourth-order valence-electron chi connectivity index (χ4n) is 4.90. The molecule has 3 heterocycles. The molecule has 2 aromatic rings. The number of benzene rings is 2. The van der Waals surface area contributed by atoms with Gasteiger partial charge < -0.3 is 69.6 Å². The minimum atomic E-state index is -1.73. The van der Waals surface area contributed by atoms with Crippen molar-refractivity contribution in [2.75, 3.05) is 6.61 Å². The summed E-state index contributed by atoms with van der Waals surface area (Å²) in [5, 5.41) is 91.3. The Morgan fingerprint density at radius 2 is 1.39 bits per heavy atom. The normalized spacial score (nSPS) is 37.0. The molecule has 3 aliphatic heterocycles. The van der Waals surface area contributed by atoms with Crippen molar-refractivity contribution < 1.29 is 69.6 Å². The van der Waals surface area contributed by atoms with Gasteiger partial charge in [-0.3, -0.25) is 0 Å². The summed E-state index contributed by atoms with van der Waals surface area (Å²) in [4.78, 5) is 0. The smallest absolute Gasteiger partial charge is 0.270 e. The molecule has 3 aliphatic rings. The molecule has 0 aliphatic carbocycles. The lowest BCUT2D eigenvalue weighted by molar-refractivity contribution is -0.287. The van der Waals surface area contributed by atoms with Crippen LogP contribution in [0.3, 0.4) is 0 Å². The van der Waals surface area contributed by atoms with Gasteiger partial charge in [0.2, 0.25) is 12.6 Å². The molecule has 0 bridgehead atoms. The molecule has 14 nitrogen and oxygen atoms in total. The van der Waals surface area contributed by atoms with Crippen molar-refractivity contribution in [3.63, 3.8) is 0 Å². The van der Waals surface area contributed by atoms with Crippen LogP contribution in [0.25, 0.3) is 6.08 Å². The lowest BCUT2D eigenvalue weighted by Crippen LogP contribution is -2.60. The molecule has 2 saturated heterocycles. The van der Waals surface area contributed by atoms with E-state index in [1.54, 1.807) is 12.1 Å². The van der Waals surface area contributed by atoms with Crippen molar-refractivity contribution in [3.05, 3.63) is 53.3 Å². The first-order valence-electron chi connectivity index (χ1n) is 12.9. The summed E-state index contributed by atoms with van der Waals surface area (Å²) < 4.78 is 27.5. The minimum Gasteiger partial charge on any atom is -0.571 e. The van der Waals surface area contributed by atoms with Crippen LogP contribution in [0.5, 0.6) is 23.0 Å². The molecule has 11 atom stereocenters. The Hall–Kier alpha value is -3.18. The standard InChI is InChI=1S/C27H32O14/c1-10-19(31)21(33)23(35)26(37-10)40-17-8-14-15(38-25(17)11-2-4-12(29)5-3-11)6-13(30)7-16(14)39-27-24(36)22(34)20(32)18(9-28)41-27/h2-8,10,18-36H,9H2,1H3/p+1. The molecule has 10 N–H and O–H groups in total. The van der Waals surface area contributed by atoms with Gasteiger partial charge in [-0.15, -0.1) is 0 Å². The topological polar surface area (TPSA) is 232 Å². The first-order chi connectivity index (χ1) is 19.5. The Morgan fingerprint density at radius 1 is 0.756 bits per heavy atom. The summed E-state index contributed by atoms with van der Waals surface area (Å²) >= 11 is 0. The molecule has 0 spiro atoms. The minimum absolute atomic E-state index is 0.00115. The lowest BCUT2D eigenvalue weighted by Gasteiger charge is -2.40. The van der Waals surface area contributed by atoms with Gasteiger partial charge in [0.1, 0.15) is 65.5 Å². The predicted octanol–water partition coefficient (Wildman–Crippen LogP) is -1.54. The molecule has 2 aromatic carbocycles. The number of ether oxygens (including phenoxy) is 5. The summed E-state index contributed by atoms with van der Waals surface area (Å²) in [7, 11) is 0. The van der Waals surface area contributed by atoms with E-state index in [1.165, 1.54) is 37.3 Å². The Kier molecular flexibility index (Phi) is 8.29. The first kappa shape index (κ1) is 29.3. The highest BCUT2D eigenvalue weighted by atomic mass is 16.7. The van der Waals surface area contributed by atoms with Gasteiger partial charge in [0, 0.05) is 12.1 Å². The third-order valence-corrected chi connectivity index (χ3v) is 7.29. The van der Waals surface area contributed by atoms with E-state index >= 15 is 0 Å². The van der Waals surface area contributed by atoms with E-state index in [-0.39, 0.29) is 34.3 Å². The number of hydrogen-bond acceptors (Lipinski definition) is 13. The second-order valence-corrected chi connectivity index (χ2v) is 10.2. The molecule has 2 fully saturated rings. The van der Waals surface area contributed by atoms with E-state index in [1.807, 2.05) is 0 Å². The number of phenols is 2. The van der Waals surface area contributed by atoms with E-state index < -0.39 is 74.1 Å². The van der Waals surface area contributed by atoms with Gasteiger partial charge in [-0.1, -0.05) is 0 Å². The van der Waals surface area contributed by atoms with Gasteiger partial charge in [-0.05, 0) is 31.2 Å². The van der Waals surface area contributed by atoms with Crippen LogP contribution in [0.15, 0.2) is 42.2 Å². The van der Waals surface area contributed by atoms with Crippen LogP contribution in [0.4, 0.5) is 0 Å². The van der Waals surface area contributed by atoms with Crippen LogP contribution in [0.1, 0.15) is 24.2 Å². The van der Waals surface area contributed by atoms with Gasteiger partial charge >= 0.3 is 0 Å². The lowest BCUT2D eigenvalue weighted by atomic mass is 9.98. The van der Waals surface area contributed by atoms with E-state index in [2.05, 4.69) is 4.74 Å². The summed E-state index contributed by atoms with van der Waals surface area (Å²) in [5.41, 5.74) is 0.766. The molecular formula is C27H33O14+. The second kappa shape index (κ2) is 11.6. The summed E-state index contributed by atoms with van der Waals surface area (Å²) in [6.45, 7) is 0.824. The Morgan fingerprint density at radius 3 is 2.05 bits per heavy atom. The number of phenolic OH excluding ortho intramolecular Hbond substituents is 2. The van der Waals surface area contributed by atoms with Crippen molar-refractivity contribution in [1.29, 1.82) is 0 Å². The molecule has 14 heteroatoms. The fraction of sp³-hybridized carbons (Fsp3) is 0.481. The van der Waals surface area contributed by atoms with E-state index in [4.69, 9.17) is 18.9 Å². The number of rotatable bonds is 6. The van der Waals surface area contributed by atoms with Crippen LogP contribution in [0, 0.1) is 0 Å². The average molecular weight is 582 g/mol. The summed E-state index contributed by atoms with van der Waals surface area (Å²) in [6, 6.07) is 8.56. The second-order valence-electron chi connectivity index (χ2n) is 10.2. The van der Waals surface area contributed by atoms with Crippen LogP contribution in [-0.4, -0.2) is 119 Å². The van der Waals surface area contributed by atoms with Gasteiger partial charge in [-0.2, -0.15) is 0 Å². The number of fused-ring (bicyclic) bond motifs is 1. The first-order valence-corrected chi connectivity index (χ1v) is 12.9. The van der Waals surface area contributed by atoms with Gasteiger partial charge in [0.15, 0.2) is 5.76 Å². The number of aliphatic hydroxyl groups is 8. The van der Waals surface area contributed by atoms with Crippen molar-refractivity contribution in [2.45, 2.75) is 74.4 Å². The molecule has 41 heavy (non-hydrogen) atoms. The zero-order valence-electron chi connectivity index (χ0n) is 21.7. The van der Waals surface area contributed by atoms with Crippen LogP contribution < -0.4 is 4.74 Å². The van der Waals surface area contributed by atoms with Crippen molar-refractivity contribution >= 4 is 6.08 Å². The highest BCUT2D eigenvalue weighted by Crippen LogP contribution is 2.46. The fourth-order valence-corrected chi connectivity index (χ4v) is 4.90. The Bertz CT molecular complexity index is 1250. The van der Waals surface area contributed by atoms with E-state index in [9.17, 15) is 46.0 Å². The van der Waals surface area contributed by atoms with Gasteiger partial charge in [0.25, 0.3) is 11.9 Å². The largest absolute Gasteiger partial charge is 0.571 e. The van der Waals surface area contributed by atoms with Gasteiger partial charge in [-0.25, -0.2) is 0 Å². The molecule has 0 aromatic heterocycles. The monoisotopic (exact) mass is 581 g/mol. The van der Waals surface area contributed by atoms with Crippen molar-refractivity contribution in [1.82, 2.24) is 0 Å².